The van der Waals surface area contributed by atoms with Crippen LogP contribution in [0.4, 0.5) is 4.79 Å². The van der Waals surface area contributed by atoms with E-state index in [0.717, 1.165) is 0 Å². The summed E-state index contributed by atoms with van der Waals surface area (Å²) in [7, 11) is -2.40. The van der Waals surface area contributed by atoms with Crippen LogP contribution in [0.5, 0.6) is 0 Å². The van der Waals surface area contributed by atoms with Crippen LogP contribution in [0.2, 0.25) is 5.02 Å². The number of halogens is 1. The summed E-state index contributed by atoms with van der Waals surface area (Å²) < 4.78 is 30.7. The maximum Gasteiger partial charge on any atom is 0.409 e. The Labute approximate surface area is 122 Å². The normalized spacial score (nSPS) is 17.0. The minimum atomic E-state index is -3.69. The standard InChI is InChI=1S/C11H14ClN3O4S/c1-19-11(16)14-4-6-15(7-5-14)20(17,18)10-8-13-3-2-9(10)12/h2-3,8H,4-7H2,1H3. The predicted molar refractivity (Wildman–Crippen MR) is 72.0 cm³/mol. The summed E-state index contributed by atoms with van der Waals surface area (Å²) in [4.78, 5) is 16.6. The van der Waals surface area contributed by atoms with E-state index >= 15 is 0 Å². The topological polar surface area (TPSA) is 79.8 Å². The molecule has 9 heteroatoms. The Hall–Kier alpha value is -1.38. The van der Waals surface area contributed by atoms with Crippen molar-refractivity contribution in [3.05, 3.63) is 23.5 Å². The van der Waals surface area contributed by atoms with Gasteiger partial charge in [0.25, 0.3) is 0 Å². The number of methoxy groups -OCH3 is 1. The number of hydrogen-bond acceptors (Lipinski definition) is 5. The molecule has 1 aromatic rings. The summed E-state index contributed by atoms with van der Waals surface area (Å²) in [5.41, 5.74) is 0. The second-order valence-electron chi connectivity index (χ2n) is 4.17. The van der Waals surface area contributed by atoms with Crippen LogP contribution in [-0.2, 0) is 14.8 Å². The first-order valence-electron chi connectivity index (χ1n) is 5.89. The van der Waals surface area contributed by atoms with Gasteiger partial charge in [0.15, 0.2) is 0 Å². The van der Waals surface area contributed by atoms with Crippen LogP contribution in [-0.4, -0.2) is 62.0 Å². The van der Waals surface area contributed by atoms with Gasteiger partial charge in [-0.1, -0.05) is 11.6 Å². The van der Waals surface area contributed by atoms with Gasteiger partial charge in [-0.15, -0.1) is 0 Å². The Morgan fingerprint density at radius 3 is 2.55 bits per heavy atom. The molecule has 0 aromatic carbocycles. The number of carbonyl (C=O) groups excluding carboxylic acids is 1. The van der Waals surface area contributed by atoms with Gasteiger partial charge in [-0.25, -0.2) is 13.2 Å². The summed E-state index contributed by atoms with van der Waals surface area (Å²) in [6.45, 7) is 0.957. The number of carbonyl (C=O) groups is 1. The Balaban J connectivity index is 2.14. The van der Waals surface area contributed by atoms with Crippen molar-refractivity contribution in [3.63, 3.8) is 0 Å². The van der Waals surface area contributed by atoms with E-state index in [0.29, 0.717) is 0 Å². The zero-order chi connectivity index (χ0) is 14.8. The molecule has 0 unspecified atom stereocenters. The molecule has 0 radical (unpaired) electrons. The second kappa shape index (κ2) is 5.94. The summed E-state index contributed by atoms with van der Waals surface area (Å²) in [5, 5.41) is 0.135. The van der Waals surface area contributed by atoms with Crippen molar-refractivity contribution in [2.24, 2.45) is 0 Å². The molecule has 0 atom stereocenters. The third-order valence-electron chi connectivity index (χ3n) is 3.02. The highest BCUT2D eigenvalue weighted by Gasteiger charge is 2.31. The SMILES string of the molecule is COC(=O)N1CCN(S(=O)(=O)c2cnccc2Cl)CC1. The van der Waals surface area contributed by atoms with Crippen molar-refractivity contribution in [2.45, 2.75) is 4.90 Å². The van der Waals surface area contributed by atoms with Crippen molar-refractivity contribution in [1.29, 1.82) is 0 Å². The molecule has 110 valence electrons. The van der Waals surface area contributed by atoms with Gasteiger partial charge in [-0.2, -0.15) is 4.31 Å². The number of piperazine rings is 1. The molecule has 1 aliphatic rings. The van der Waals surface area contributed by atoms with Crippen LogP contribution in [0.25, 0.3) is 0 Å². The van der Waals surface area contributed by atoms with Gasteiger partial charge in [0.2, 0.25) is 10.0 Å². The number of ether oxygens (including phenoxy) is 1. The van der Waals surface area contributed by atoms with E-state index in [2.05, 4.69) is 9.72 Å². The van der Waals surface area contributed by atoms with Gasteiger partial charge >= 0.3 is 6.09 Å². The third-order valence-corrected chi connectivity index (χ3v) is 5.39. The number of aromatic nitrogens is 1. The minimum Gasteiger partial charge on any atom is -0.453 e. The number of rotatable bonds is 2. The molecule has 0 aliphatic carbocycles. The first-order valence-corrected chi connectivity index (χ1v) is 7.71. The van der Waals surface area contributed by atoms with E-state index in [4.69, 9.17) is 11.6 Å². The molecule has 1 amide bonds. The highest BCUT2D eigenvalue weighted by atomic mass is 35.5. The lowest BCUT2D eigenvalue weighted by Crippen LogP contribution is -2.50. The summed E-state index contributed by atoms with van der Waals surface area (Å²) in [6.07, 6.45) is 2.20. The first kappa shape index (κ1) is 15.0. The Morgan fingerprint density at radius 2 is 2.00 bits per heavy atom. The lowest BCUT2D eigenvalue weighted by Gasteiger charge is -2.33. The van der Waals surface area contributed by atoms with Crippen molar-refractivity contribution in [1.82, 2.24) is 14.2 Å². The first-order chi connectivity index (χ1) is 9.46. The number of amides is 1. The summed E-state index contributed by atoms with van der Waals surface area (Å²) in [5.74, 6) is 0. The molecule has 0 N–H and O–H groups in total. The van der Waals surface area contributed by atoms with Crippen LogP contribution in [0.15, 0.2) is 23.4 Å². The van der Waals surface area contributed by atoms with Crippen molar-refractivity contribution in [3.8, 4) is 0 Å². The molecule has 1 saturated heterocycles. The van der Waals surface area contributed by atoms with Crippen LogP contribution in [0, 0.1) is 0 Å². The van der Waals surface area contributed by atoms with Crippen LogP contribution < -0.4 is 0 Å². The molecular formula is C11H14ClN3O4S. The van der Waals surface area contributed by atoms with Crippen molar-refractivity contribution >= 4 is 27.7 Å². The zero-order valence-corrected chi connectivity index (χ0v) is 12.4. The van der Waals surface area contributed by atoms with Crippen LogP contribution >= 0.6 is 11.6 Å². The summed E-state index contributed by atoms with van der Waals surface area (Å²) in [6, 6.07) is 1.43. The van der Waals surface area contributed by atoms with Gasteiger partial charge in [0.1, 0.15) is 4.90 Å². The molecule has 1 aromatic heterocycles. The number of nitrogens with zero attached hydrogens (tertiary/aromatic N) is 3. The fourth-order valence-corrected chi connectivity index (χ4v) is 3.76. The molecule has 7 nitrogen and oxygen atoms in total. The molecule has 20 heavy (non-hydrogen) atoms. The molecular weight excluding hydrogens is 306 g/mol. The van der Waals surface area contributed by atoms with E-state index in [9.17, 15) is 13.2 Å². The lowest BCUT2D eigenvalue weighted by molar-refractivity contribution is 0.108. The number of sulfonamides is 1. The van der Waals surface area contributed by atoms with Crippen molar-refractivity contribution in [2.75, 3.05) is 33.3 Å². The van der Waals surface area contributed by atoms with Gasteiger partial charge in [-0.05, 0) is 6.07 Å². The molecule has 2 heterocycles. The molecule has 2 rings (SSSR count). The second-order valence-corrected chi connectivity index (χ2v) is 6.48. The number of pyridine rings is 1. The largest absolute Gasteiger partial charge is 0.453 e. The van der Waals surface area contributed by atoms with Crippen molar-refractivity contribution < 1.29 is 17.9 Å². The quantitative estimate of drug-likeness (QED) is 0.806. The zero-order valence-electron chi connectivity index (χ0n) is 10.8. The minimum absolute atomic E-state index is 0.0202. The third kappa shape index (κ3) is 2.87. The molecule has 1 fully saturated rings. The maximum atomic E-state index is 12.4. The predicted octanol–water partition coefficient (Wildman–Crippen LogP) is 0.808. The maximum absolute atomic E-state index is 12.4. The molecule has 1 aliphatic heterocycles. The average molecular weight is 320 g/mol. The van der Waals surface area contributed by atoms with E-state index in [-0.39, 0.29) is 36.1 Å². The smallest absolute Gasteiger partial charge is 0.409 e. The Kier molecular flexibility index (Phi) is 4.46. The van der Waals surface area contributed by atoms with Crippen LogP contribution in [0.3, 0.4) is 0 Å². The monoisotopic (exact) mass is 319 g/mol. The molecule has 0 spiro atoms. The number of hydrogen-bond donors (Lipinski definition) is 0. The Bertz CT molecular complexity index is 599. The van der Waals surface area contributed by atoms with E-state index in [1.54, 1.807) is 0 Å². The molecule has 0 saturated carbocycles. The summed E-state index contributed by atoms with van der Waals surface area (Å²) >= 11 is 5.90. The van der Waals surface area contributed by atoms with Gasteiger partial charge in [-0.3, -0.25) is 4.98 Å². The van der Waals surface area contributed by atoms with E-state index in [1.165, 1.54) is 34.8 Å². The van der Waals surface area contributed by atoms with Crippen LogP contribution in [0.1, 0.15) is 0 Å². The van der Waals surface area contributed by atoms with Gasteiger partial charge in [0, 0.05) is 38.6 Å². The average Bonchev–Trinajstić information content (AvgIpc) is 2.47. The van der Waals surface area contributed by atoms with Gasteiger partial charge < -0.3 is 9.64 Å². The van der Waals surface area contributed by atoms with Gasteiger partial charge in [0.05, 0.1) is 12.1 Å². The fraction of sp³-hybridized carbons (Fsp3) is 0.455. The lowest BCUT2D eigenvalue weighted by atomic mass is 10.4. The highest BCUT2D eigenvalue weighted by Crippen LogP contribution is 2.24. The van der Waals surface area contributed by atoms with E-state index in [1.807, 2.05) is 0 Å². The Morgan fingerprint density at radius 1 is 1.35 bits per heavy atom. The fourth-order valence-electron chi connectivity index (χ4n) is 1.93. The highest BCUT2D eigenvalue weighted by molar-refractivity contribution is 7.89. The van der Waals surface area contributed by atoms with E-state index < -0.39 is 16.1 Å². The molecule has 0 bridgehead atoms.